The third kappa shape index (κ3) is 3.21. The molecule has 2 rings (SSSR count). The van der Waals surface area contributed by atoms with Crippen molar-refractivity contribution in [2.45, 2.75) is 56.9 Å². The van der Waals surface area contributed by atoms with Gasteiger partial charge in [0.2, 0.25) is 10.0 Å². The zero-order valence-corrected chi connectivity index (χ0v) is 13.0. The molecular weight excluding hydrogens is 276 g/mol. The molecule has 20 heavy (non-hydrogen) atoms. The molecule has 1 heterocycles. The number of aryl methyl sites for hydroxylation is 2. The Kier molecular flexibility index (Phi) is 4.82. The number of hydrogen-bond acceptors (Lipinski definition) is 4. The van der Waals surface area contributed by atoms with Crippen LogP contribution in [0.2, 0.25) is 0 Å². The molecule has 1 atom stereocenters. The fourth-order valence-electron chi connectivity index (χ4n) is 3.07. The van der Waals surface area contributed by atoms with Gasteiger partial charge in [0.05, 0.1) is 11.4 Å². The largest absolute Gasteiger partial charge is 0.329 e. The Bertz CT molecular complexity index is 527. The highest BCUT2D eigenvalue weighted by atomic mass is 32.2. The SMILES string of the molecule is Cc1n[nH]c(C)c1S(=O)(=O)NC(CN)C1CCCCC1. The van der Waals surface area contributed by atoms with Gasteiger partial charge in [-0.05, 0) is 32.6 Å². The molecule has 0 radical (unpaired) electrons. The summed E-state index contributed by atoms with van der Waals surface area (Å²) in [5.41, 5.74) is 6.85. The zero-order chi connectivity index (χ0) is 14.8. The lowest BCUT2D eigenvalue weighted by Crippen LogP contribution is -2.46. The standard InChI is InChI=1S/C13H24N4O2S/c1-9-13(10(2)16-15-9)20(18,19)17-12(8-14)11-6-4-3-5-7-11/h11-12,17H,3-8,14H2,1-2H3,(H,15,16). The van der Waals surface area contributed by atoms with Gasteiger partial charge in [0.25, 0.3) is 0 Å². The third-order valence-electron chi connectivity index (χ3n) is 4.11. The molecule has 114 valence electrons. The highest BCUT2D eigenvalue weighted by Crippen LogP contribution is 2.27. The Hall–Kier alpha value is -0.920. The first-order chi connectivity index (χ1) is 9.45. The van der Waals surface area contributed by atoms with Crippen molar-refractivity contribution in [2.24, 2.45) is 11.7 Å². The number of rotatable bonds is 5. The van der Waals surface area contributed by atoms with Crippen LogP contribution >= 0.6 is 0 Å². The minimum absolute atomic E-state index is 0.186. The summed E-state index contributed by atoms with van der Waals surface area (Å²) in [4.78, 5) is 0.256. The minimum atomic E-state index is -3.56. The van der Waals surface area contributed by atoms with Crippen LogP contribution in [0.15, 0.2) is 4.90 Å². The summed E-state index contributed by atoms with van der Waals surface area (Å²) in [7, 11) is -3.56. The van der Waals surface area contributed by atoms with Crippen LogP contribution in [0, 0.1) is 19.8 Å². The average Bonchev–Trinajstić information content (AvgIpc) is 2.77. The van der Waals surface area contributed by atoms with E-state index in [1.807, 2.05) is 0 Å². The van der Waals surface area contributed by atoms with Crippen LogP contribution in [0.4, 0.5) is 0 Å². The quantitative estimate of drug-likeness (QED) is 0.761. The van der Waals surface area contributed by atoms with E-state index in [-0.39, 0.29) is 10.9 Å². The molecule has 4 N–H and O–H groups in total. The monoisotopic (exact) mass is 300 g/mol. The van der Waals surface area contributed by atoms with Crippen molar-refractivity contribution >= 4 is 10.0 Å². The maximum Gasteiger partial charge on any atom is 0.244 e. The van der Waals surface area contributed by atoms with Crippen molar-refractivity contribution in [3.05, 3.63) is 11.4 Å². The topological polar surface area (TPSA) is 101 Å². The lowest BCUT2D eigenvalue weighted by Gasteiger charge is -2.29. The summed E-state index contributed by atoms with van der Waals surface area (Å²) >= 11 is 0. The van der Waals surface area contributed by atoms with E-state index in [1.54, 1.807) is 13.8 Å². The van der Waals surface area contributed by atoms with Gasteiger partial charge in [-0.3, -0.25) is 5.10 Å². The number of nitrogens with zero attached hydrogens (tertiary/aromatic N) is 1. The first kappa shape index (κ1) is 15.5. The average molecular weight is 300 g/mol. The molecule has 1 unspecified atom stereocenters. The van der Waals surface area contributed by atoms with Gasteiger partial charge in [0.1, 0.15) is 4.90 Å². The van der Waals surface area contributed by atoms with Crippen molar-refractivity contribution < 1.29 is 8.42 Å². The van der Waals surface area contributed by atoms with Gasteiger partial charge in [-0.1, -0.05) is 19.3 Å². The van der Waals surface area contributed by atoms with Gasteiger partial charge in [0.15, 0.2) is 0 Å². The molecule has 0 amide bonds. The van der Waals surface area contributed by atoms with Crippen LogP contribution in [-0.4, -0.2) is 31.2 Å². The first-order valence-electron chi connectivity index (χ1n) is 7.19. The number of H-pyrrole nitrogens is 1. The second-order valence-corrected chi connectivity index (χ2v) is 7.28. The van der Waals surface area contributed by atoms with Crippen molar-refractivity contribution in [1.82, 2.24) is 14.9 Å². The van der Waals surface area contributed by atoms with E-state index in [1.165, 1.54) is 6.42 Å². The van der Waals surface area contributed by atoms with Crippen molar-refractivity contribution in [3.63, 3.8) is 0 Å². The second kappa shape index (κ2) is 6.24. The van der Waals surface area contributed by atoms with Gasteiger partial charge < -0.3 is 5.73 Å². The summed E-state index contributed by atoms with van der Waals surface area (Å²) < 4.78 is 27.8. The van der Waals surface area contributed by atoms with Crippen LogP contribution in [0.5, 0.6) is 0 Å². The highest BCUT2D eigenvalue weighted by molar-refractivity contribution is 7.89. The number of sulfonamides is 1. The van der Waals surface area contributed by atoms with Crippen LogP contribution in [0.1, 0.15) is 43.5 Å². The normalized spacial score (nSPS) is 19.1. The molecule has 1 aliphatic rings. The Morgan fingerprint density at radius 2 is 2.00 bits per heavy atom. The summed E-state index contributed by atoms with van der Waals surface area (Å²) in [6.45, 7) is 3.74. The van der Waals surface area contributed by atoms with Gasteiger partial charge in [-0.15, -0.1) is 0 Å². The van der Waals surface area contributed by atoms with E-state index in [0.717, 1.165) is 25.7 Å². The predicted octanol–water partition coefficient (Wildman–Crippen LogP) is 1.21. The van der Waals surface area contributed by atoms with Crippen LogP contribution < -0.4 is 10.5 Å². The van der Waals surface area contributed by atoms with E-state index < -0.39 is 10.0 Å². The lowest BCUT2D eigenvalue weighted by molar-refractivity contribution is 0.294. The summed E-state index contributed by atoms with van der Waals surface area (Å²) in [6, 6.07) is -0.186. The molecule has 0 bridgehead atoms. The zero-order valence-electron chi connectivity index (χ0n) is 12.1. The fourth-order valence-corrected chi connectivity index (χ4v) is 4.76. The van der Waals surface area contributed by atoms with E-state index in [9.17, 15) is 8.42 Å². The molecule has 1 aliphatic carbocycles. The molecule has 0 spiro atoms. The Balaban J connectivity index is 2.17. The van der Waals surface area contributed by atoms with E-state index in [2.05, 4.69) is 14.9 Å². The smallest absolute Gasteiger partial charge is 0.244 e. The van der Waals surface area contributed by atoms with Gasteiger partial charge in [-0.2, -0.15) is 5.10 Å². The maximum atomic E-state index is 12.5. The van der Waals surface area contributed by atoms with Crippen molar-refractivity contribution in [1.29, 1.82) is 0 Å². The first-order valence-corrected chi connectivity index (χ1v) is 8.68. The number of aromatic amines is 1. The summed E-state index contributed by atoms with van der Waals surface area (Å²) in [6.07, 6.45) is 5.65. The number of nitrogens with two attached hydrogens (primary N) is 1. The summed E-state index contributed by atoms with van der Waals surface area (Å²) in [5, 5.41) is 6.67. The molecule has 1 aromatic rings. The molecule has 1 saturated carbocycles. The third-order valence-corrected chi connectivity index (χ3v) is 5.86. The Morgan fingerprint density at radius 3 is 2.50 bits per heavy atom. The van der Waals surface area contributed by atoms with Crippen molar-refractivity contribution in [2.75, 3.05) is 6.54 Å². The van der Waals surface area contributed by atoms with Gasteiger partial charge >= 0.3 is 0 Å². The lowest BCUT2D eigenvalue weighted by atomic mass is 9.84. The molecule has 7 heteroatoms. The minimum Gasteiger partial charge on any atom is -0.329 e. The predicted molar refractivity (Wildman–Crippen MR) is 77.8 cm³/mol. The number of nitrogens with one attached hydrogen (secondary N) is 2. The van der Waals surface area contributed by atoms with E-state index in [0.29, 0.717) is 23.9 Å². The molecule has 1 aromatic heterocycles. The summed E-state index contributed by atoms with van der Waals surface area (Å²) in [5.74, 6) is 0.344. The molecule has 1 fully saturated rings. The fraction of sp³-hybridized carbons (Fsp3) is 0.769. The maximum absolute atomic E-state index is 12.5. The molecule has 6 nitrogen and oxygen atoms in total. The number of aromatic nitrogens is 2. The van der Waals surface area contributed by atoms with E-state index >= 15 is 0 Å². The van der Waals surface area contributed by atoms with Crippen LogP contribution in [0.3, 0.4) is 0 Å². The van der Waals surface area contributed by atoms with Gasteiger partial charge in [-0.25, -0.2) is 13.1 Å². The van der Waals surface area contributed by atoms with Crippen molar-refractivity contribution in [3.8, 4) is 0 Å². The Labute approximate surface area is 120 Å². The van der Waals surface area contributed by atoms with Crippen LogP contribution in [0.25, 0.3) is 0 Å². The molecule has 0 saturated heterocycles. The van der Waals surface area contributed by atoms with Crippen LogP contribution in [-0.2, 0) is 10.0 Å². The van der Waals surface area contributed by atoms with E-state index in [4.69, 9.17) is 5.73 Å². The highest BCUT2D eigenvalue weighted by Gasteiger charge is 2.29. The Morgan fingerprint density at radius 1 is 1.35 bits per heavy atom. The molecular formula is C13H24N4O2S. The van der Waals surface area contributed by atoms with Gasteiger partial charge in [0, 0.05) is 12.6 Å². The molecule has 0 aromatic carbocycles. The second-order valence-electron chi connectivity index (χ2n) is 5.62. The number of hydrogen-bond donors (Lipinski definition) is 3. The molecule has 0 aliphatic heterocycles.